The fourth-order valence-electron chi connectivity index (χ4n) is 2.98. The summed E-state index contributed by atoms with van der Waals surface area (Å²) in [6.07, 6.45) is 2.70. The Morgan fingerprint density at radius 3 is 2.60 bits per heavy atom. The SMILES string of the molecule is O=S(=O)(O)Nc1cnccc1Nc1cc(-c2cc(Cl)ccc2F)nc2ccccc12. The Morgan fingerprint density at radius 2 is 1.80 bits per heavy atom. The first-order valence-electron chi connectivity index (χ1n) is 8.62. The van der Waals surface area contributed by atoms with Gasteiger partial charge in [0.1, 0.15) is 5.82 Å². The van der Waals surface area contributed by atoms with Gasteiger partial charge in [0, 0.05) is 22.2 Å². The van der Waals surface area contributed by atoms with E-state index in [9.17, 15) is 12.8 Å². The van der Waals surface area contributed by atoms with Crippen LogP contribution in [0.15, 0.2) is 67.0 Å². The van der Waals surface area contributed by atoms with Gasteiger partial charge in [-0.1, -0.05) is 29.8 Å². The number of para-hydroxylation sites is 1. The normalized spacial score (nSPS) is 11.4. The summed E-state index contributed by atoms with van der Waals surface area (Å²) in [7, 11) is -4.50. The Morgan fingerprint density at radius 1 is 1.00 bits per heavy atom. The highest BCUT2D eigenvalue weighted by molar-refractivity contribution is 7.87. The summed E-state index contributed by atoms with van der Waals surface area (Å²) in [5.74, 6) is -0.481. The standard InChI is InChI=1S/C20H14ClFN4O3S/c21-12-5-6-15(22)14(9-12)19-10-18(13-3-1-2-4-16(13)24-19)25-17-7-8-23-11-20(17)26-30(27,28)29/h1-11,26H,(H,23,24,25)(H,27,28,29). The highest BCUT2D eigenvalue weighted by atomic mass is 35.5. The topological polar surface area (TPSA) is 104 Å². The van der Waals surface area contributed by atoms with Gasteiger partial charge in [0.2, 0.25) is 0 Å². The Hall–Kier alpha value is -3.27. The Labute approximate surface area is 176 Å². The summed E-state index contributed by atoms with van der Waals surface area (Å²) in [6, 6.07) is 14.6. The largest absolute Gasteiger partial charge is 0.357 e. The molecular weight excluding hydrogens is 431 g/mol. The molecule has 0 bridgehead atoms. The maximum Gasteiger partial charge on any atom is 0.357 e. The molecule has 0 unspecified atom stereocenters. The molecule has 2 heterocycles. The Kier molecular flexibility index (Phi) is 5.25. The van der Waals surface area contributed by atoms with Crippen molar-refractivity contribution in [3.8, 4) is 11.3 Å². The van der Waals surface area contributed by atoms with Crippen molar-refractivity contribution in [1.29, 1.82) is 0 Å². The third-order valence-corrected chi connectivity index (χ3v) is 4.96. The van der Waals surface area contributed by atoms with Crippen LogP contribution in [0.5, 0.6) is 0 Å². The zero-order valence-electron chi connectivity index (χ0n) is 15.2. The first kappa shape index (κ1) is 20.0. The zero-order chi connectivity index (χ0) is 21.3. The monoisotopic (exact) mass is 444 g/mol. The minimum Gasteiger partial charge on any atom is -0.353 e. The van der Waals surface area contributed by atoms with Gasteiger partial charge in [0.15, 0.2) is 0 Å². The lowest BCUT2D eigenvalue weighted by Gasteiger charge is -2.15. The Balaban J connectivity index is 1.87. The van der Waals surface area contributed by atoms with E-state index < -0.39 is 16.1 Å². The quantitative estimate of drug-likeness (QED) is 0.372. The van der Waals surface area contributed by atoms with Crippen molar-refractivity contribution in [3.63, 3.8) is 0 Å². The van der Waals surface area contributed by atoms with Gasteiger partial charge in [-0.2, -0.15) is 8.42 Å². The molecule has 0 aliphatic heterocycles. The molecule has 0 spiro atoms. The molecule has 0 aliphatic rings. The first-order chi connectivity index (χ1) is 14.3. The molecule has 0 saturated carbocycles. The lowest BCUT2D eigenvalue weighted by molar-refractivity contribution is 0.489. The van der Waals surface area contributed by atoms with Gasteiger partial charge in [-0.15, -0.1) is 0 Å². The van der Waals surface area contributed by atoms with Crippen molar-refractivity contribution in [3.05, 3.63) is 77.8 Å². The number of aromatic nitrogens is 2. The van der Waals surface area contributed by atoms with Crippen molar-refractivity contribution in [1.82, 2.24) is 9.97 Å². The summed E-state index contributed by atoms with van der Waals surface area (Å²) < 4.78 is 48.0. The molecule has 4 rings (SSSR count). The smallest absolute Gasteiger partial charge is 0.353 e. The number of fused-ring (bicyclic) bond motifs is 1. The van der Waals surface area contributed by atoms with E-state index in [2.05, 4.69) is 15.3 Å². The average Bonchev–Trinajstić information content (AvgIpc) is 2.70. The number of halogens is 2. The molecule has 0 radical (unpaired) electrons. The lowest BCUT2D eigenvalue weighted by Crippen LogP contribution is -2.12. The lowest BCUT2D eigenvalue weighted by atomic mass is 10.1. The van der Waals surface area contributed by atoms with Crippen molar-refractivity contribution < 1.29 is 17.4 Å². The summed E-state index contributed by atoms with van der Waals surface area (Å²) >= 11 is 6.03. The average molecular weight is 445 g/mol. The number of benzene rings is 2. The van der Waals surface area contributed by atoms with E-state index in [4.69, 9.17) is 16.2 Å². The van der Waals surface area contributed by atoms with Gasteiger partial charge in [0.05, 0.1) is 34.5 Å². The van der Waals surface area contributed by atoms with Crippen LogP contribution in [0, 0.1) is 5.82 Å². The minimum absolute atomic E-state index is 0.0383. The maximum atomic E-state index is 14.4. The van der Waals surface area contributed by atoms with Crippen LogP contribution in [-0.4, -0.2) is 22.9 Å². The second-order valence-electron chi connectivity index (χ2n) is 6.32. The molecule has 4 aromatic rings. The van der Waals surface area contributed by atoms with E-state index in [1.807, 2.05) is 16.9 Å². The molecule has 30 heavy (non-hydrogen) atoms. The number of anilines is 3. The van der Waals surface area contributed by atoms with Crippen molar-refractivity contribution in [2.75, 3.05) is 10.0 Å². The molecular formula is C20H14ClFN4O3S. The number of nitrogens with one attached hydrogen (secondary N) is 2. The Bertz CT molecular complexity index is 1370. The fourth-order valence-corrected chi connectivity index (χ4v) is 3.59. The predicted molar refractivity (Wildman–Crippen MR) is 115 cm³/mol. The van der Waals surface area contributed by atoms with Gasteiger partial charge in [-0.3, -0.25) is 14.3 Å². The van der Waals surface area contributed by atoms with Gasteiger partial charge in [-0.05, 0) is 36.4 Å². The molecule has 7 nitrogen and oxygen atoms in total. The third-order valence-electron chi connectivity index (χ3n) is 4.25. The molecule has 3 N–H and O–H groups in total. The molecule has 0 atom stereocenters. The summed E-state index contributed by atoms with van der Waals surface area (Å²) in [5, 5.41) is 4.19. The van der Waals surface area contributed by atoms with Crippen molar-refractivity contribution >= 4 is 49.9 Å². The molecule has 0 saturated heterocycles. The maximum absolute atomic E-state index is 14.4. The second-order valence-corrected chi connectivity index (χ2v) is 7.91. The van der Waals surface area contributed by atoms with Crippen LogP contribution < -0.4 is 10.0 Å². The second kappa shape index (κ2) is 7.86. The van der Waals surface area contributed by atoms with Crippen LogP contribution in [-0.2, 0) is 10.3 Å². The molecule has 0 fully saturated rings. The van der Waals surface area contributed by atoms with Gasteiger partial charge < -0.3 is 5.32 Å². The third kappa shape index (κ3) is 4.33. The highest BCUT2D eigenvalue weighted by Gasteiger charge is 2.14. The van der Waals surface area contributed by atoms with Crippen LogP contribution in [0.2, 0.25) is 5.02 Å². The van der Waals surface area contributed by atoms with Crippen LogP contribution in [0.3, 0.4) is 0 Å². The van der Waals surface area contributed by atoms with E-state index >= 15 is 0 Å². The van der Waals surface area contributed by atoms with E-state index in [-0.39, 0.29) is 11.3 Å². The van der Waals surface area contributed by atoms with Crippen LogP contribution in [0.4, 0.5) is 21.5 Å². The van der Waals surface area contributed by atoms with Gasteiger partial charge in [-0.25, -0.2) is 9.37 Å². The van der Waals surface area contributed by atoms with E-state index in [0.29, 0.717) is 27.6 Å². The van der Waals surface area contributed by atoms with Crippen LogP contribution in [0.25, 0.3) is 22.2 Å². The van der Waals surface area contributed by atoms with E-state index in [0.717, 1.165) is 5.39 Å². The summed E-state index contributed by atoms with van der Waals surface area (Å²) in [6.45, 7) is 0. The number of hydrogen-bond donors (Lipinski definition) is 3. The summed E-state index contributed by atoms with van der Waals surface area (Å²) in [5.41, 5.74) is 2.07. The summed E-state index contributed by atoms with van der Waals surface area (Å²) in [4.78, 5) is 8.39. The van der Waals surface area contributed by atoms with E-state index in [1.165, 1.54) is 36.7 Å². The molecule has 2 aromatic carbocycles. The zero-order valence-corrected chi connectivity index (χ0v) is 16.7. The number of hydrogen-bond acceptors (Lipinski definition) is 5. The molecule has 2 aromatic heterocycles. The first-order valence-corrected chi connectivity index (χ1v) is 10.4. The highest BCUT2D eigenvalue weighted by Crippen LogP contribution is 2.34. The van der Waals surface area contributed by atoms with Crippen molar-refractivity contribution in [2.24, 2.45) is 0 Å². The number of nitrogens with zero attached hydrogens (tertiary/aromatic N) is 2. The molecule has 0 aliphatic carbocycles. The van der Waals surface area contributed by atoms with Gasteiger partial charge >= 0.3 is 10.3 Å². The predicted octanol–water partition coefficient (Wildman–Crippen LogP) is 5.05. The van der Waals surface area contributed by atoms with E-state index in [1.54, 1.807) is 18.2 Å². The number of pyridine rings is 2. The fraction of sp³-hybridized carbons (Fsp3) is 0. The van der Waals surface area contributed by atoms with Crippen molar-refractivity contribution in [2.45, 2.75) is 0 Å². The minimum atomic E-state index is -4.50. The van der Waals surface area contributed by atoms with Gasteiger partial charge in [0.25, 0.3) is 0 Å². The van der Waals surface area contributed by atoms with Crippen LogP contribution >= 0.6 is 11.6 Å². The molecule has 152 valence electrons. The van der Waals surface area contributed by atoms with Crippen LogP contribution in [0.1, 0.15) is 0 Å². The number of rotatable bonds is 5. The molecule has 10 heteroatoms. The molecule has 0 amide bonds.